The first kappa shape index (κ1) is 17.8. The highest BCUT2D eigenvalue weighted by molar-refractivity contribution is 6.01. The van der Waals surface area contributed by atoms with Gasteiger partial charge in [0.2, 0.25) is 5.91 Å². The molecule has 0 radical (unpaired) electrons. The Hall–Kier alpha value is -3.55. The number of halogens is 1. The van der Waals surface area contributed by atoms with E-state index in [2.05, 4.69) is 20.9 Å². The second kappa shape index (κ2) is 7.59. The summed E-state index contributed by atoms with van der Waals surface area (Å²) < 4.78 is 14.5. The summed E-state index contributed by atoms with van der Waals surface area (Å²) >= 11 is 0. The van der Waals surface area contributed by atoms with Gasteiger partial charge >= 0.3 is 0 Å². The Morgan fingerprint density at radius 2 is 2.00 bits per heavy atom. The van der Waals surface area contributed by atoms with Crippen molar-refractivity contribution in [2.75, 3.05) is 5.32 Å². The van der Waals surface area contributed by atoms with Crippen molar-refractivity contribution in [1.29, 1.82) is 0 Å². The van der Waals surface area contributed by atoms with Gasteiger partial charge in [-0.3, -0.25) is 9.59 Å². The van der Waals surface area contributed by atoms with Crippen LogP contribution in [0.15, 0.2) is 54.7 Å². The van der Waals surface area contributed by atoms with Crippen molar-refractivity contribution in [3.8, 4) is 0 Å². The molecule has 3 aromatic rings. The van der Waals surface area contributed by atoms with Crippen molar-refractivity contribution in [1.82, 2.24) is 20.3 Å². The van der Waals surface area contributed by atoms with Crippen LogP contribution in [-0.4, -0.2) is 32.9 Å². The van der Waals surface area contributed by atoms with Crippen LogP contribution in [0.2, 0.25) is 0 Å². The molecule has 1 aromatic heterocycles. The first-order valence-electron chi connectivity index (χ1n) is 8.93. The number of hydrogen-bond acceptors (Lipinski definition) is 4. The van der Waals surface area contributed by atoms with Crippen LogP contribution in [0.25, 0.3) is 0 Å². The van der Waals surface area contributed by atoms with E-state index in [4.69, 9.17) is 0 Å². The first-order chi connectivity index (χ1) is 13.6. The largest absolute Gasteiger partial charge is 0.339 e. The molecule has 2 amide bonds. The number of aryl methyl sites for hydroxylation is 1. The zero-order chi connectivity index (χ0) is 19.5. The molecule has 1 aliphatic heterocycles. The predicted molar refractivity (Wildman–Crippen MR) is 100 cm³/mol. The Labute approximate surface area is 160 Å². The van der Waals surface area contributed by atoms with Crippen LogP contribution in [0.3, 0.4) is 0 Å². The minimum atomic E-state index is -0.651. The average molecular weight is 379 g/mol. The summed E-state index contributed by atoms with van der Waals surface area (Å²) in [5.74, 6) is -1.03. The van der Waals surface area contributed by atoms with E-state index in [-0.39, 0.29) is 17.4 Å². The van der Waals surface area contributed by atoms with Gasteiger partial charge in [-0.15, -0.1) is 5.10 Å². The van der Waals surface area contributed by atoms with Crippen molar-refractivity contribution in [3.63, 3.8) is 0 Å². The Balaban J connectivity index is 1.41. The van der Waals surface area contributed by atoms with Gasteiger partial charge in [-0.2, -0.15) is 0 Å². The first-order valence-corrected chi connectivity index (χ1v) is 8.93. The van der Waals surface area contributed by atoms with Crippen molar-refractivity contribution in [2.45, 2.75) is 25.4 Å². The van der Waals surface area contributed by atoms with Crippen LogP contribution in [0.4, 0.5) is 10.1 Å². The lowest BCUT2D eigenvalue weighted by molar-refractivity contribution is -0.118. The van der Waals surface area contributed by atoms with Gasteiger partial charge in [0, 0.05) is 5.69 Å². The summed E-state index contributed by atoms with van der Waals surface area (Å²) in [6.45, 7) is 0.361. The van der Waals surface area contributed by atoms with Gasteiger partial charge in [-0.1, -0.05) is 35.5 Å². The fraction of sp³-hybridized carbons (Fsp3) is 0.200. The quantitative estimate of drug-likeness (QED) is 0.727. The molecular formula is C20H18FN5O2. The second-order valence-electron chi connectivity index (χ2n) is 6.64. The number of carbonyl (C=O) groups excluding carboxylic acids is 2. The van der Waals surface area contributed by atoms with Crippen molar-refractivity contribution in [2.24, 2.45) is 0 Å². The summed E-state index contributed by atoms with van der Waals surface area (Å²) in [7, 11) is 0. The molecule has 0 saturated carbocycles. The number of fused-ring (bicyclic) bond motifs is 1. The van der Waals surface area contributed by atoms with Crippen LogP contribution < -0.4 is 10.6 Å². The van der Waals surface area contributed by atoms with Crippen molar-refractivity contribution in [3.05, 3.63) is 77.4 Å². The number of nitrogens with zero attached hydrogens (tertiary/aromatic N) is 3. The lowest BCUT2D eigenvalue weighted by Gasteiger charge is -2.14. The summed E-state index contributed by atoms with van der Waals surface area (Å²) in [6.07, 6.45) is 2.68. The number of carbonyl (C=O) groups is 2. The number of para-hydroxylation sites is 1. The minimum Gasteiger partial charge on any atom is -0.339 e. The predicted octanol–water partition coefficient (Wildman–Crippen LogP) is 2.15. The van der Waals surface area contributed by atoms with E-state index in [9.17, 15) is 14.0 Å². The van der Waals surface area contributed by atoms with E-state index >= 15 is 0 Å². The molecular weight excluding hydrogens is 361 g/mol. The minimum absolute atomic E-state index is 0.122. The van der Waals surface area contributed by atoms with Crippen LogP contribution in [0.1, 0.15) is 28.0 Å². The molecule has 2 aromatic carbocycles. The lowest BCUT2D eigenvalue weighted by atomic mass is 10.1. The Kier molecular flexibility index (Phi) is 4.84. The fourth-order valence-electron chi connectivity index (χ4n) is 3.14. The number of rotatable bonds is 4. The maximum atomic E-state index is 13.0. The van der Waals surface area contributed by atoms with Gasteiger partial charge in [-0.25, -0.2) is 9.07 Å². The zero-order valence-electron chi connectivity index (χ0n) is 14.9. The third-order valence-corrected chi connectivity index (χ3v) is 4.63. The van der Waals surface area contributed by atoms with E-state index in [1.165, 1.54) is 23.0 Å². The molecule has 0 aliphatic carbocycles. The van der Waals surface area contributed by atoms with E-state index in [0.29, 0.717) is 19.4 Å². The topological polar surface area (TPSA) is 88.9 Å². The molecule has 1 aliphatic rings. The Morgan fingerprint density at radius 1 is 1.21 bits per heavy atom. The molecule has 7 nitrogen and oxygen atoms in total. The standard InChI is InChI=1S/C20H18FN5O2/c21-15-8-5-13(6-9-15)11-26-12-18(24-25-26)20(28)23-17-10-7-14-3-1-2-4-16(14)22-19(17)27/h1-6,8-9,12,17H,7,10-11H2,(H,22,27)(H,23,28)/t17-/m0/s1. The van der Waals surface area contributed by atoms with E-state index < -0.39 is 11.9 Å². The molecule has 28 heavy (non-hydrogen) atoms. The molecule has 0 bridgehead atoms. The van der Waals surface area contributed by atoms with Crippen LogP contribution in [-0.2, 0) is 17.8 Å². The molecule has 2 N–H and O–H groups in total. The molecule has 4 rings (SSSR count). The molecule has 0 spiro atoms. The summed E-state index contributed by atoms with van der Waals surface area (Å²) in [4.78, 5) is 24.9. The number of anilines is 1. The Bertz CT molecular complexity index is 1020. The molecule has 0 unspecified atom stereocenters. The van der Waals surface area contributed by atoms with Crippen LogP contribution in [0.5, 0.6) is 0 Å². The van der Waals surface area contributed by atoms with Crippen molar-refractivity contribution < 1.29 is 14.0 Å². The summed E-state index contributed by atoms with van der Waals surface area (Å²) in [6, 6.07) is 12.9. The van der Waals surface area contributed by atoms with Gasteiger partial charge in [0.15, 0.2) is 5.69 Å². The third-order valence-electron chi connectivity index (χ3n) is 4.63. The van der Waals surface area contributed by atoms with E-state index in [1.807, 2.05) is 24.3 Å². The van der Waals surface area contributed by atoms with Gasteiger partial charge in [0.25, 0.3) is 5.91 Å². The molecule has 0 fully saturated rings. The number of benzene rings is 2. The van der Waals surface area contributed by atoms with Crippen LogP contribution >= 0.6 is 0 Å². The maximum absolute atomic E-state index is 13.0. The zero-order valence-corrected chi connectivity index (χ0v) is 14.9. The van der Waals surface area contributed by atoms with Crippen molar-refractivity contribution >= 4 is 17.5 Å². The second-order valence-corrected chi connectivity index (χ2v) is 6.64. The molecule has 142 valence electrons. The number of hydrogen-bond donors (Lipinski definition) is 2. The summed E-state index contributed by atoms with van der Waals surface area (Å²) in [5.41, 5.74) is 2.77. The van der Waals surface area contributed by atoms with E-state index in [0.717, 1.165) is 16.8 Å². The normalized spacial score (nSPS) is 16.0. The third kappa shape index (κ3) is 3.90. The van der Waals surface area contributed by atoms with Crippen LogP contribution in [0, 0.1) is 5.82 Å². The van der Waals surface area contributed by atoms with E-state index in [1.54, 1.807) is 12.1 Å². The SMILES string of the molecule is O=C(N[C@H]1CCc2ccccc2NC1=O)c1cn(Cc2ccc(F)cc2)nn1. The highest BCUT2D eigenvalue weighted by atomic mass is 19.1. The highest BCUT2D eigenvalue weighted by Crippen LogP contribution is 2.21. The molecule has 2 heterocycles. The smallest absolute Gasteiger partial charge is 0.274 e. The molecule has 8 heteroatoms. The number of amides is 2. The lowest BCUT2D eigenvalue weighted by Crippen LogP contribution is -2.43. The van der Waals surface area contributed by atoms with Gasteiger partial charge < -0.3 is 10.6 Å². The molecule has 1 atom stereocenters. The number of nitrogens with one attached hydrogen (secondary N) is 2. The van der Waals surface area contributed by atoms with Gasteiger partial charge in [0.05, 0.1) is 12.7 Å². The fourth-order valence-corrected chi connectivity index (χ4v) is 3.14. The number of aromatic nitrogens is 3. The Morgan fingerprint density at radius 3 is 2.82 bits per heavy atom. The summed E-state index contributed by atoms with van der Waals surface area (Å²) in [5, 5.41) is 13.4. The average Bonchev–Trinajstić information content (AvgIpc) is 3.10. The highest BCUT2D eigenvalue weighted by Gasteiger charge is 2.26. The monoisotopic (exact) mass is 379 g/mol. The molecule has 0 saturated heterocycles. The van der Waals surface area contributed by atoms with Gasteiger partial charge in [-0.05, 0) is 42.2 Å². The maximum Gasteiger partial charge on any atom is 0.274 e. The van der Waals surface area contributed by atoms with Gasteiger partial charge in [0.1, 0.15) is 11.9 Å².